The molecule has 0 aliphatic rings. The molecule has 0 amide bonds. The van der Waals surface area contributed by atoms with Crippen LogP contribution < -0.4 is 4.74 Å². The number of pyridine rings is 1. The van der Waals surface area contributed by atoms with Gasteiger partial charge < -0.3 is 25.1 Å². The van der Waals surface area contributed by atoms with E-state index in [4.69, 9.17) is 9.84 Å². The molecule has 1 aromatic heterocycles. The number of rotatable bonds is 5. The lowest BCUT2D eigenvalue weighted by Crippen LogP contribution is -2.32. The van der Waals surface area contributed by atoms with E-state index in [1.54, 1.807) is 6.92 Å². The molecule has 8 nitrogen and oxygen atoms in total. The van der Waals surface area contributed by atoms with E-state index in [9.17, 15) is 20.0 Å². The summed E-state index contributed by atoms with van der Waals surface area (Å²) in [7, 11) is 0. The Bertz CT molecular complexity index is 485. The molecule has 0 fully saturated rings. The lowest BCUT2D eigenvalue weighted by molar-refractivity contribution is -0.390. The van der Waals surface area contributed by atoms with Gasteiger partial charge in [0, 0.05) is 5.56 Å². The zero-order valence-electron chi connectivity index (χ0n) is 9.78. The Morgan fingerprint density at radius 2 is 2.28 bits per heavy atom. The Morgan fingerprint density at radius 3 is 2.72 bits per heavy atom. The van der Waals surface area contributed by atoms with Crippen molar-refractivity contribution in [3.8, 4) is 5.75 Å². The number of carboxylic acids is 1. The molecule has 18 heavy (non-hydrogen) atoms. The highest BCUT2D eigenvalue weighted by atomic mass is 16.6. The number of nitrogens with zero attached hydrogens (tertiary/aromatic N) is 2. The third-order valence-corrected chi connectivity index (χ3v) is 2.28. The molecular formula is C10H12N2O6. The lowest BCUT2D eigenvalue weighted by Gasteiger charge is -2.17. The first-order valence-corrected chi connectivity index (χ1v) is 5.04. The number of aliphatic hydroxyl groups is 1. The molecule has 0 aromatic carbocycles. The van der Waals surface area contributed by atoms with Gasteiger partial charge >= 0.3 is 11.8 Å². The van der Waals surface area contributed by atoms with E-state index < -0.39 is 22.3 Å². The van der Waals surface area contributed by atoms with Crippen molar-refractivity contribution in [3.63, 3.8) is 0 Å². The normalized spacial score (nSPS) is 13.7. The van der Waals surface area contributed by atoms with Crippen LogP contribution in [-0.2, 0) is 10.4 Å². The first kappa shape index (κ1) is 13.8. The topological polar surface area (TPSA) is 123 Å². The van der Waals surface area contributed by atoms with Gasteiger partial charge in [-0.1, -0.05) is 0 Å². The molecule has 1 unspecified atom stereocenters. The van der Waals surface area contributed by atoms with Gasteiger partial charge in [0.2, 0.25) is 5.75 Å². The zero-order chi connectivity index (χ0) is 13.9. The van der Waals surface area contributed by atoms with Gasteiger partial charge in [0.25, 0.3) is 0 Å². The molecule has 1 heterocycles. The highest BCUT2D eigenvalue weighted by Crippen LogP contribution is 2.30. The SMILES string of the molecule is CCOc1cc(C(C)(O)C(=O)O)cnc1[N+](=O)[O-]. The largest absolute Gasteiger partial charge is 0.486 e. The van der Waals surface area contributed by atoms with E-state index in [0.29, 0.717) is 0 Å². The van der Waals surface area contributed by atoms with Gasteiger partial charge in [0.05, 0.1) is 6.61 Å². The Hall–Kier alpha value is -2.22. The Morgan fingerprint density at radius 1 is 1.67 bits per heavy atom. The van der Waals surface area contributed by atoms with E-state index in [1.807, 2.05) is 0 Å². The summed E-state index contributed by atoms with van der Waals surface area (Å²) in [6, 6.07) is 1.10. The summed E-state index contributed by atoms with van der Waals surface area (Å²) < 4.78 is 5.01. The molecular weight excluding hydrogens is 244 g/mol. The van der Waals surface area contributed by atoms with Gasteiger partial charge in [-0.25, -0.2) is 4.79 Å². The molecule has 0 bridgehead atoms. The molecule has 2 N–H and O–H groups in total. The number of hydrogen-bond donors (Lipinski definition) is 2. The highest BCUT2D eigenvalue weighted by Gasteiger charge is 2.35. The lowest BCUT2D eigenvalue weighted by atomic mass is 9.98. The molecule has 1 rings (SSSR count). The summed E-state index contributed by atoms with van der Waals surface area (Å²) in [5.41, 5.74) is -2.28. The van der Waals surface area contributed by atoms with Crippen LogP contribution in [0.15, 0.2) is 12.3 Å². The number of carbonyl (C=O) groups is 1. The van der Waals surface area contributed by atoms with E-state index in [1.165, 1.54) is 0 Å². The van der Waals surface area contributed by atoms with Crippen molar-refractivity contribution in [2.24, 2.45) is 0 Å². The molecule has 0 aliphatic carbocycles. The number of aliphatic carboxylic acids is 1. The maximum Gasteiger partial charge on any atom is 0.406 e. The van der Waals surface area contributed by atoms with Crippen LogP contribution in [0.5, 0.6) is 5.75 Å². The van der Waals surface area contributed by atoms with Crippen LogP contribution in [0.3, 0.4) is 0 Å². The second-order valence-electron chi connectivity index (χ2n) is 3.61. The summed E-state index contributed by atoms with van der Waals surface area (Å²) in [4.78, 5) is 24.3. The molecule has 1 aromatic rings. The second-order valence-corrected chi connectivity index (χ2v) is 3.61. The third kappa shape index (κ3) is 2.54. The van der Waals surface area contributed by atoms with Crippen molar-refractivity contribution in [2.45, 2.75) is 19.4 Å². The molecule has 0 spiro atoms. The summed E-state index contributed by atoms with van der Waals surface area (Å²) in [6.07, 6.45) is 0.939. The molecule has 0 radical (unpaired) electrons. The summed E-state index contributed by atoms with van der Waals surface area (Å²) in [5.74, 6) is -2.19. The van der Waals surface area contributed by atoms with E-state index >= 15 is 0 Å². The van der Waals surface area contributed by atoms with Gasteiger partial charge in [-0.05, 0) is 29.8 Å². The fourth-order valence-electron chi connectivity index (χ4n) is 1.23. The van der Waals surface area contributed by atoms with Crippen LogP contribution in [0, 0.1) is 10.1 Å². The highest BCUT2D eigenvalue weighted by molar-refractivity contribution is 5.78. The standard InChI is InChI=1S/C10H12N2O6/c1-3-18-7-4-6(10(2,15)9(13)14)5-11-8(7)12(16)17/h4-5,15H,3H2,1-2H3,(H,13,14). The maximum atomic E-state index is 10.9. The second kappa shape index (κ2) is 4.96. The molecule has 0 saturated carbocycles. The van der Waals surface area contributed by atoms with Crippen LogP contribution in [0.4, 0.5) is 5.82 Å². The average molecular weight is 256 g/mol. The van der Waals surface area contributed by atoms with Crippen LogP contribution in [0.2, 0.25) is 0 Å². The number of carboxylic acid groups (broad SMARTS) is 1. The summed E-state index contributed by atoms with van der Waals surface area (Å²) >= 11 is 0. The van der Waals surface area contributed by atoms with Gasteiger partial charge in [0.1, 0.15) is 6.20 Å². The van der Waals surface area contributed by atoms with E-state index in [-0.39, 0.29) is 17.9 Å². The van der Waals surface area contributed by atoms with Gasteiger partial charge in [-0.3, -0.25) is 0 Å². The van der Waals surface area contributed by atoms with Gasteiger partial charge in [0.15, 0.2) is 5.60 Å². The predicted molar refractivity (Wildman–Crippen MR) is 59.3 cm³/mol. The number of hydrogen-bond acceptors (Lipinski definition) is 6. The molecule has 8 heteroatoms. The quantitative estimate of drug-likeness (QED) is 0.586. The van der Waals surface area contributed by atoms with Crippen molar-refractivity contribution in [3.05, 3.63) is 27.9 Å². The molecule has 1 atom stereocenters. The van der Waals surface area contributed by atoms with Crippen LogP contribution in [0.1, 0.15) is 19.4 Å². The fourth-order valence-corrected chi connectivity index (χ4v) is 1.23. The van der Waals surface area contributed by atoms with Crippen LogP contribution in [-0.4, -0.2) is 32.7 Å². The van der Waals surface area contributed by atoms with Crippen LogP contribution >= 0.6 is 0 Å². The van der Waals surface area contributed by atoms with Crippen LogP contribution in [0.25, 0.3) is 0 Å². The monoisotopic (exact) mass is 256 g/mol. The van der Waals surface area contributed by atoms with Crippen molar-refractivity contribution in [1.82, 2.24) is 4.98 Å². The van der Waals surface area contributed by atoms with Crippen molar-refractivity contribution in [2.75, 3.05) is 6.61 Å². The third-order valence-electron chi connectivity index (χ3n) is 2.28. The van der Waals surface area contributed by atoms with E-state index in [2.05, 4.69) is 4.98 Å². The zero-order valence-corrected chi connectivity index (χ0v) is 9.78. The Balaban J connectivity index is 3.31. The molecule has 0 saturated heterocycles. The first-order valence-electron chi connectivity index (χ1n) is 5.04. The minimum absolute atomic E-state index is 0.0935. The Labute approximate surface area is 102 Å². The number of ether oxygens (including phenoxy) is 1. The molecule has 0 aliphatic heterocycles. The fraction of sp³-hybridized carbons (Fsp3) is 0.400. The first-order chi connectivity index (χ1) is 8.30. The van der Waals surface area contributed by atoms with Crippen molar-refractivity contribution >= 4 is 11.8 Å². The smallest absolute Gasteiger partial charge is 0.406 e. The van der Waals surface area contributed by atoms with Gasteiger partial charge in [-0.2, -0.15) is 0 Å². The average Bonchev–Trinajstić information content (AvgIpc) is 2.28. The molecule has 98 valence electrons. The summed E-state index contributed by atoms with van der Waals surface area (Å²) in [5, 5.41) is 29.2. The maximum absolute atomic E-state index is 10.9. The number of aromatic nitrogens is 1. The van der Waals surface area contributed by atoms with E-state index in [0.717, 1.165) is 19.2 Å². The number of nitro groups is 1. The predicted octanol–water partition coefficient (Wildman–Crippen LogP) is 0.681. The van der Waals surface area contributed by atoms with Crippen molar-refractivity contribution in [1.29, 1.82) is 0 Å². The minimum atomic E-state index is -2.19. The van der Waals surface area contributed by atoms with Crippen molar-refractivity contribution < 1.29 is 24.7 Å². The summed E-state index contributed by atoms with van der Waals surface area (Å²) in [6.45, 7) is 2.82. The minimum Gasteiger partial charge on any atom is -0.486 e. The van der Waals surface area contributed by atoms with Gasteiger partial charge in [-0.15, -0.1) is 0 Å². The Kier molecular flexibility index (Phi) is 3.82.